The number of rotatable bonds is 10. The average Bonchev–Trinajstić information content (AvgIpc) is 3.47. The smallest absolute Gasteiger partial charge is 0.224 e. The number of hydrogen-bond donors (Lipinski definition) is 3. The lowest BCUT2D eigenvalue weighted by molar-refractivity contribution is 0.136. The Kier molecular flexibility index (Phi) is 6.78. The van der Waals surface area contributed by atoms with Crippen LogP contribution in [0, 0.1) is 5.53 Å². The van der Waals surface area contributed by atoms with E-state index in [2.05, 4.69) is 35.8 Å². The number of ether oxygens (including phenoxy) is 1. The van der Waals surface area contributed by atoms with Crippen molar-refractivity contribution in [2.45, 2.75) is 45.2 Å². The van der Waals surface area contributed by atoms with Crippen LogP contribution in [0.15, 0.2) is 42.0 Å². The predicted molar refractivity (Wildman–Crippen MR) is 118 cm³/mol. The lowest BCUT2D eigenvalue weighted by Gasteiger charge is -2.14. The molecule has 0 bridgehead atoms. The molecule has 3 aromatic heterocycles. The molecule has 0 aromatic carbocycles. The Morgan fingerprint density at radius 2 is 2.06 bits per heavy atom. The average molecular weight is 422 g/mol. The van der Waals surface area contributed by atoms with E-state index in [1.54, 1.807) is 18.6 Å². The van der Waals surface area contributed by atoms with Crippen molar-refractivity contribution in [2.24, 2.45) is 5.11 Å². The Balaban J connectivity index is 1.44. The van der Waals surface area contributed by atoms with E-state index in [1.165, 1.54) is 12.8 Å². The topological polar surface area (TPSA) is 126 Å². The first-order chi connectivity index (χ1) is 15.2. The van der Waals surface area contributed by atoms with E-state index in [9.17, 15) is 0 Å². The highest BCUT2D eigenvalue weighted by Gasteiger charge is 2.16. The lowest BCUT2D eigenvalue weighted by Crippen LogP contribution is -2.16. The van der Waals surface area contributed by atoms with E-state index in [1.807, 2.05) is 29.9 Å². The summed E-state index contributed by atoms with van der Waals surface area (Å²) in [6.07, 6.45) is 11.7. The summed E-state index contributed by atoms with van der Waals surface area (Å²) < 4.78 is 7.22. The van der Waals surface area contributed by atoms with Gasteiger partial charge in [0.1, 0.15) is 5.69 Å². The van der Waals surface area contributed by atoms with Gasteiger partial charge in [-0.2, -0.15) is 15.2 Å². The Morgan fingerprint density at radius 3 is 2.81 bits per heavy atom. The predicted octanol–water partition coefficient (Wildman–Crippen LogP) is 4.53. The fraction of sp³-hybridized carbons (Fsp3) is 0.429. The lowest BCUT2D eigenvalue weighted by atomic mass is 10.2. The van der Waals surface area contributed by atoms with Crippen molar-refractivity contribution in [3.8, 4) is 11.3 Å². The van der Waals surface area contributed by atoms with Gasteiger partial charge in [0.25, 0.3) is 0 Å². The molecular formula is C21H27N9O. The molecule has 3 aromatic rings. The van der Waals surface area contributed by atoms with Crippen molar-refractivity contribution in [3.63, 3.8) is 0 Å². The van der Waals surface area contributed by atoms with Crippen LogP contribution in [0.1, 0.15) is 32.6 Å². The van der Waals surface area contributed by atoms with Crippen molar-refractivity contribution in [3.05, 3.63) is 36.9 Å². The molecule has 0 amide bonds. The number of nitrogens with zero attached hydrogens (tertiary/aromatic N) is 6. The number of pyridine rings is 1. The molecule has 4 rings (SSSR count). The van der Waals surface area contributed by atoms with E-state index < -0.39 is 0 Å². The van der Waals surface area contributed by atoms with Crippen molar-refractivity contribution < 1.29 is 4.74 Å². The van der Waals surface area contributed by atoms with Crippen LogP contribution in [0.2, 0.25) is 0 Å². The maximum absolute atomic E-state index is 7.40. The molecular weight excluding hydrogens is 394 g/mol. The van der Waals surface area contributed by atoms with Gasteiger partial charge >= 0.3 is 0 Å². The summed E-state index contributed by atoms with van der Waals surface area (Å²) in [6, 6.07) is 4.24. The largest absolute Gasteiger partial charge is 0.380 e. The molecule has 1 saturated carbocycles. The molecule has 0 unspecified atom stereocenters. The van der Waals surface area contributed by atoms with Gasteiger partial charge in [0.05, 0.1) is 43.1 Å². The van der Waals surface area contributed by atoms with Crippen LogP contribution in [0.25, 0.3) is 11.3 Å². The first-order valence-electron chi connectivity index (χ1n) is 10.6. The van der Waals surface area contributed by atoms with Crippen molar-refractivity contribution >= 4 is 23.1 Å². The minimum Gasteiger partial charge on any atom is -0.380 e. The molecule has 0 spiro atoms. The molecule has 0 radical (unpaired) electrons. The fourth-order valence-corrected chi connectivity index (χ4v) is 3.57. The highest BCUT2D eigenvalue weighted by atomic mass is 16.5. The number of hydrogen-bond acceptors (Lipinski definition) is 9. The Labute approximate surface area is 181 Å². The Hall–Kier alpha value is -3.40. The van der Waals surface area contributed by atoms with E-state index in [0.29, 0.717) is 43.3 Å². The van der Waals surface area contributed by atoms with Crippen molar-refractivity contribution in [2.75, 3.05) is 23.8 Å². The summed E-state index contributed by atoms with van der Waals surface area (Å²) in [4.78, 5) is 13.3. The molecule has 10 heteroatoms. The van der Waals surface area contributed by atoms with Gasteiger partial charge in [0.15, 0.2) is 5.82 Å². The molecule has 162 valence electrons. The summed E-state index contributed by atoms with van der Waals surface area (Å²) in [5.74, 6) is 1.02. The van der Waals surface area contributed by atoms with Crippen LogP contribution >= 0.6 is 0 Å². The molecule has 3 heterocycles. The van der Waals surface area contributed by atoms with Gasteiger partial charge in [-0.15, -0.1) is 0 Å². The van der Waals surface area contributed by atoms with Gasteiger partial charge in [0, 0.05) is 24.4 Å². The Bertz CT molecular complexity index is 996. The molecule has 31 heavy (non-hydrogen) atoms. The van der Waals surface area contributed by atoms with Crippen LogP contribution in [0.4, 0.5) is 23.1 Å². The van der Waals surface area contributed by atoms with Crippen molar-refractivity contribution in [1.82, 2.24) is 24.7 Å². The maximum atomic E-state index is 7.40. The first-order valence-corrected chi connectivity index (χ1v) is 10.6. The van der Waals surface area contributed by atoms with Crippen LogP contribution in [-0.2, 0) is 11.3 Å². The standard InChI is InChI=1S/C21H27N9O/c1-2-31-10-9-30-14-15(11-25-30)18-8-7-17(12-23-18)26-20-19(29-22)13-24-21(28-20)27-16-5-3-4-6-16/h7-8,11-14,16,22H,2-6,9-10H2,1H3,(H2,24,26,27,28). The molecule has 1 aliphatic carbocycles. The third kappa shape index (κ3) is 5.40. The van der Waals surface area contributed by atoms with Gasteiger partial charge in [-0.25, -0.2) is 10.5 Å². The minimum atomic E-state index is 0.372. The first kappa shape index (κ1) is 20.9. The van der Waals surface area contributed by atoms with Gasteiger partial charge in [-0.05, 0) is 31.9 Å². The molecule has 1 aliphatic rings. The third-order valence-corrected chi connectivity index (χ3v) is 5.20. The van der Waals surface area contributed by atoms with Crippen molar-refractivity contribution in [1.29, 1.82) is 5.53 Å². The SMILES string of the molecule is CCOCCn1cc(-c2ccc(Nc3nc(NC4CCCC4)ncc3N=N)cn2)cn1. The summed E-state index contributed by atoms with van der Waals surface area (Å²) in [5, 5.41) is 14.5. The van der Waals surface area contributed by atoms with E-state index in [-0.39, 0.29) is 0 Å². The fourth-order valence-electron chi connectivity index (χ4n) is 3.57. The molecule has 1 fully saturated rings. The van der Waals surface area contributed by atoms with Gasteiger partial charge in [-0.3, -0.25) is 9.67 Å². The molecule has 10 nitrogen and oxygen atoms in total. The summed E-state index contributed by atoms with van der Waals surface area (Å²) in [6.45, 7) is 4.01. The molecule has 0 atom stereocenters. The molecule has 3 N–H and O–H groups in total. The maximum Gasteiger partial charge on any atom is 0.224 e. The molecule has 0 saturated heterocycles. The highest BCUT2D eigenvalue weighted by Crippen LogP contribution is 2.28. The van der Waals surface area contributed by atoms with Gasteiger partial charge < -0.3 is 15.4 Å². The van der Waals surface area contributed by atoms with Gasteiger partial charge in [0.2, 0.25) is 5.95 Å². The monoisotopic (exact) mass is 421 g/mol. The van der Waals surface area contributed by atoms with E-state index >= 15 is 0 Å². The number of nitrogens with one attached hydrogen (secondary N) is 3. The summed E-state index contributed by atoms with van der Waals surface area (Å²) in [5.41, 5.74) is 10.3. The summed E-state index contributed by atoms with van der Waals surface area (Å²) >= 11 is 0. The second-order valence-electron chi connectivity index (χ2n) is 7.41. The van der Waals surface area contributed by atoms with E-state index in [0.717, 1.165) is 29.8 Å². The minimum absolute atomic E-state index is 0.372. The quantitative estimate of drug-likeness (QED) is 0.324. The zero-order chi connectivity index (χ0) is 21.5. The molecule has 0 aliphatic heterocycles. The van der Waals surface area contributed by atoms with Crippen LogP contribution in [0.5, 0.6) is 0 Å². The summed E-state index contributed by atoms with van der Waals surface area (Å²) in [7, 11) is 0. The zero-order valence-electron chi connectivity index (χ0n) is 17.6. The third-order valence-electron chi connectivity index (χ3n) is 5.20. The second-order valence-corrected chi connectivity index (χ2v) is 7.41. The zero-order valence-corrected chi connectivity index (χ0v) is 17.6. The number of anilines is 3. The van der Waals surface area contributed by atoms with Crippen LogP contribution in [0.3, 0.4) is 0 Å². The second kappa shape index (κ2) is 10.1. The normalized spacial score (nSPS) is 14.0. The van der Waals surface area contributed by atoms with Crippen LogP contribution in [-0.4, -0.2) is 44.0 Å². The number of aromatic nitrogens is 5. The van der Waals surface area contributed by atoms with Crippen LogP contribution < -0.4 is 10.6 Å². The van der Waals surface area contributed by atoms with E-state index in [4.69, 9.17) is 10.3 Å². The Morgan fingerprint density at radius 1 is 1.19 bits per heavy atom. The highest BCUT2D eigenvalue weighted by molar-refractivity contribution is 5.69. The van der Waals surface area contributed by atoms with Gasteiger partial charge in [-0.1, -0.05) is 12.8 Å².